The lowest BCUT2D eigenvalue weighted by atomic mass is 10.1. The van der Waals surface area contributed by atoms with Gasteiger partial charge in [-0.05, 0) is 31.7 Å². The number of halogens is 1. The predicted octanol–water partition coefficient (Wildman–Crippen LogP) is 2.67. The Morgan fingerprint density at radius 1 is 1.53 bits per heavy atom. The van der Waals surface area contributed by atoms with Gasteiger partial charge in [-0.15, -0.1) is 0 Å². The van der Waals surface area contributed by atoms with Crippen LogP contribution in [0.1, 0.15) is 31.4 Å². The molecule has 1 unspecified atom stereocenters. The first-order valence-corrected chi connectivity index (χ1v) is 5.27. The molecule has 1 saturated carbocycles. The van der Waals surface area contributed by atoms with Gasteiger partial charge in [-0.2, -0.15) is 0 Å². The van der Waals surface area contributed by atoms with Crippen LogP contribution >= 0.6 is 0 Å². The molecule has 1 aliphatic rings. The quantitative estimate of drug-likeness (QED) is 0.827. The third-order valence-corrected chi connectivity index (χ3v) is 2.61. The molecular formula is C12H15FO2. The molecule has 1 aromatic carbocycles. The molecule has 3 heteroatoms. The molecular weight excluding hydrogens is 195 g/mol. The van der Waals surface area contributed by atoms with E-state index >= 15 is 0 Å². The Balaban J connectivity index is 2.16. The van der Waals surface area contributed by atoms with Gasteiger partial charge < -0.3 is 9.84 Å². The van der Waals surface area contributed by atoms with Crippen molar-refractivity contribution in [2.24, 2.45) is 5.92 Å². The summed E-state index contributed by atoms with van der Waals surface area (Å²) in [5.41, 5.74) is 0.524. The molecule has 0 aromatic heterocycles. The Labute approximate surface area is 88.7 Å². The highest BCUT2D eigenvalue weighted by Crippen LogP contribution is 2.33. The first kappa shape index (κ1) is 10.4. The molecule has 0 amide bonds. The summed E-state index contributed by atoms with van der Waals surface area (Å²) in [5.74, 6) is 0.389. The van der Waals surface area contributed by atoms with Gasteiger partial charge in [-0.1, -0.05) is 12.1 Å². The Hall–Kier alpha value is -1.09. The lowest BCUT2D eigenvalue weighted by Gasteiger charge is -2.13. The molecule has 15 heavy (non-hydrogen) atoms. The van der Waals surface area contributed by atoms with Crippen LogP contribution in [0.2, 0.25) is 0 Å². The standard InChI is InChI=1S/C12H15FO2/c1-8(14)10-3-2-4-11(13)12(10)15-7-9-5-6-9/h2-4,8-9,14H,5-7H2,1H3. The normalized spacial score (nSPS) is 17.5. The average Bonchev–Trinajstić information content (AvgIpc) is 2.99. The van der Waals surface area contributed by atoms with Gasteiger partial charge in [0.15, 0.2) is 11.6 Å². The highest BCUT2D eigenvalue weighted by molar-refractivity contribution is 5.36. The van der Waals surface area contributed by atoms with E-state index in [1.807, 2.05) is 0 Å². The van der Waals surface area contributed by atoms with E-state index in [0.717, 1.165) is 0 Å². The summed E-state index contributed by atoms with van der Waals surface area (Å²) in [4.78, 5) is 0. The predicted molar refractivity (Wildman–Crippen MR) is 55.3 cm³/mol. The van der Waals surface area contributed by atoms with Crippen LogP contribution in [0, 0.1) is 11.7 Å². The molecule has 2 nitrogen and oxygen atoms in total. The van der Waals surface area contributed by atoms with Gasteiger partial charge >= 0.3 is 0 Å². The molecule has 1 aliphatic carbocycles. The molecule has 0 spiro atoms. The first-order chi connectivity index (χ1) is 7.18. The van der Waals surface area contributed by atoms with Gasteiger partial charge in [-0.3, -0.25) is 0 Å². The second-order valence-electron chi connectivity index (χ2n) is 4.09. The molecule has 0 heterocycles. The van der Waals surface area contributed by atoms with Crippen LogP contribution in [0.4, 0.5) is 4.39 Å². The Morgan fingerprint density at radius 2 is 2.27 bits per heavy atom. The number of rotatable bonds is 4. The summed E-state index contributed by atoms with van der Waals surface area (Å²) in [6, 6.07) is 4.63. The molecule has 1 aromatic rings. The number of hydrogen-bond donors (Lipinski definition) is 1. The van der Waals surface area contributed by atoms with Crippen LogP contribution in [0.5, 0.6) is 5.75 Å². The minimum Gasteiger partial charge on any atom is -0.490 e. The number of benzene rings is 1. The van der Waals surface area contributed by atoms with E-state index in [0.29, 0.717) is 18.1 Å². The summed E-state index contributed by atoms with van der Waals surface area (Å²) in [7, 11) is 0. The maximum atomic E-state index is 13.4. The minimum absolute atomic E-state index is 0.208. The van der Waals surface area contributed by atoms with E-state index in [1.54, 1.807) is 19.1 Å². The van der Waals surface area contributed by atoms with Crippen molar-refractivity contribution in [3.05, 3.63) is 29.6 Å². The Kier molecular flexibility index (Phi) is 2.91. The zero-order valence-electron chi connectivity index (χ0n) is 8.74. The highest BCUT2D eigenvalue weighted by atomic mass is 19.1. The molecule has 1 fully saturated rings. The number of aliphatic hydroxyl groups is 1. The summed E-state index contributed by atoms with van der Waals surface area (Å²) >= 11 is 0. The van der Waals surface area contributed by atoms with Crippen molar-refractivity contribution in [2.75, 3.05) is 6.61 Å². The minimum atomic E-state index is -0.699. The topological polar surface area (TPSA) is 29.5 Å². The van der Waals surface area contributed by atoms with Crippen molar-refractivity contribution >= 4 is 0 Å². The average molecular weight is 210 g/mol. The lowest BCUT2D eigenvalue weighted by Crippen LogP contribution is -2.05. The van der Waals surface area contributed by atoms with E-state index in [-0.39, 0.29) is 5.75 Å². The van der Waals surface area contributed by atoms with Gasteiger partial charge in [0, 0.05) is 5.56 Å². The second kappa shape index (κ2) is 4.19. The molecule has 0 aliphatic heterocycles. The Bertz CT molecular complexity index is 345. The van der Waals surface area contributed by atoms with Crippen molar-refractivity contribution in [3.63, 3.8) is 0 Å². The molecule has 0 radical (unpaired) electrons. The maximum absolute atomic E-state index is 13.4. The SMILES string of the molecule is CC(O)c1cccc(F)c1OCC1CC1. The van der Waals surface area contributed by atoms with Crippen molar-refractivity contribution < 1.29 is 14.2 Å². The zero-order chi connectivity index (χ0) is 10.8. The highest BCUT2D eigenvalue weighted by Gasteiger charge is 2.23. The number of ether oxygens (including phenoxy) is 1. The van der Waals surface area contributed by atoms with Crippen molar-refractivity contribution in [1.82, 2.24) is 0 Å². The summed E-state index contributed by atoms with van der Waals surface area (Å²) in [5, 5.41) is 9.46. The van der Waals surface area contributed by atoms with Crippen LogP contribution < -0.4 is 4.74 Å². The second-order valence-corrected chi connectivity index (χ2v) is 4.09. The Morgan fingerprint density at radius 3 is 2.87 bits per heavy atom. The van der Waals surface area contributed by atoms with E-state index < -0.39 is 11.9 Å². The van der Waals surface area contributed by atoms with Gasteiger partial charge in [-0.25, -0.2) is 4.39 Å². The fraction of sp³-hybridized carbons (Fsp3) is 0.500. The van der Waals surface area contributed by atoms with Crippen molar-refractivity contribution in [1.29, 1.82) is 0 Å². The monoisotopic (exact) mass is 210 g/mol. The zero-order valence-corrected chi connectivity index (χ0v) is 8.74. The molecule has 0 saturated heterocycles. The maximum Gasteiger partial charge on any atom is 0.165 e. The van der Waals surface area contributed by atoms with Crippen molar-refractivity contribution in [3.8, 4) is 5.75 Å². The summed E-state index contributed by atoms with van der Waals surface area (Å²) in [6.07, 6.45) is 1.63. The first-order valence-electron chi connectivity index (χ1n) is 5.27. The fourth-order valence-electron chi connectivity index (χ4n) is 1.49. The smallest absolute Gasteiger partial charge is 0.165 e. The van der Waals surface area contributed by atoms with Crippen LogP contribution in [0.15, 0.2) is 18.2 Å². The van der Waals surface area contributed by atoms with Crippen LogP contribution in [-0.2, 0) is 0 Å². The molecule has 1 N–H and O–H groups in total. The molecule has 82 valence electrons. The van der Waals surface area contributed by atoms with Crippen LogP contribution in [0.25, 0.3) is 0 Å². The molecule has 1 atom stereocenters. The fourth-order valence-corrected chi connectivity index (χ4v) is 1.49. The largest absolute Gasteiger partial charge is 0.490 e. The molecule has 2 rings (SSSR count). The van der Waals surface area contributed by atoms with E-state index in [9.17, 15) is 9.50 Å². The third kappa shape index (κ3) is 2.48. The summed E-state index contributed by atoms with van der Waals surface area (Å²) < 4.78 is 18.9. The lowest BCUT2D eigenvalue weighted by molar-refractivity contribution is 0.188. The van der Waals surface area contributed by atoms with Gasteiger partial charge in [0.05, 0.1) is 12.7 Å². The van der Waals surface area contributed by atoms with Crippen molar-refractivity contribution in [2.45, 2.75) is 25.9 Å². The van der Waals surface area contributed by atoms with E-state index in [4.69, 9.17) is 4.74 Å². The number of para-hydroxylation sites is 1. The van der Waals surface area contributed by atoms with E-state index in [2.05, 4.69) is 0 Å². The number of hydrogen-bond acceptors (Lipinski definition) is 2. The summed E-state index contributed by atoms with van der Waals surface area (Å²) in [6.45, 7) is 2.17. The van der Waals surface area contributed by atoms with Crippen LogP contribution in [-0.4, -0.2) is 11.7 Å². The molecule has 0 bridgehead atoms. The van der Waals surface area contributed by atoms with Gasteiger partial charge in [0.2, 0.25) is 0 Å². The van der Waals surface area contributed by atoms with Gasteiger partial charge in [0.1, 0.15) is 0 Å². The number of aliphatic hydroxyl groups excluding tert-OH is 1. The van der Waals surface area contributed by atoms with Gasteiger partial charge in [0.25, 0.3) is 0 Å². The van der Waals surface area contributed by atoms with E-state index in [1.165, 1.54) is 18.9 Å². The van der Waals surface area contributed by atoms with Crippen LogP contribution in [0.3, 0.4) is 0 Å². The third-order valence-electron chi connectivity index (χ3n) is 2.61.